The summed E-state index contributed by atoms with van der Waals surface area (Å²) in [5.74, 6) is 1.75. The highest BCUT2D eigenvalue weighted by atomic mass is 35.5. The molecular formula is C24H22ClN3S. The Morgan fingerprint density at radius 1 is 0.793 bits per heavy atom. The minimum absolute atomic E-state index is 0.726. The Bertz CT molecular complexity index is 1060. The SMILES string of the molecule is CCCn1c(SCc2ccc(-c3ccccc3)cc2)nnc1-c1ccc(Cl)cc1. The van der Waals surface area contributed by atoms with Gasteiger partial charge in [0.15, 0.2) is 11.0 Å². The largest absolute Gasteiger partial charge is 0.302 e. The van der Waals surface area contributed by atoms with Gasteiger partial charge in [0.25, 0.3) is 0 Å². The quantitative estimate of drug-likeness (QED) is 0.303. The minimum Gasteiger partial charge on any atom is -0.302 e. The number of nitrogens with zero attached hydrogens (tertiary/aromatic N) is 3. The summed E-state index contributed by atoms with van der Waals surface area (Å²) in [7, 11) is 0. The first-order valence-corrected chi connectivity index (χ1v) is 11.1. The predicted octanol–water partition coefficient (Wildman–Crippen LogP) is 6.97. The first kappa shape index (κ1) is 19.7. The predicted molar refractivity (Wildman–Crippen MR) is 122 cm³/mol. The summed E-state index contributed by atoms with van der Waals surface area (Å²) < 4.78 is 2.20. The molecule has 3 nitrogen and oxygen atoms in total. The van der Waals surface area contributed by atoms with E-state index in [9.17, 15) is 0 Å². The van der Waals surface area contributed by atoms with E-state index >= 15 is 0 Å². The fraction of sp³-hybridized carbons (Fsp3) is 0.167. The molecule has 4 rings (SSSR count). The second kappa shape index (κ2) is 9.29. The molecule has 1 aromatic heterocycles. The molecule has 0 fully saturated rings. The van der Waals surface area contributed by atoms with Crippen LogP contribution in [0.1, 0.15) is 18.9 Å². The molecule has 0 aliphatic carbocycles. The van der Waals surface area contributed by atoms with Crippen LogP contribution >= 0.6 is 23.4 Å². The molecule has 0 spiro atoms. The Morgan fingerprint density at radius 3 is 2.14 bits per heavy atom. The topological polar surface area (TPSA) is 30.7 Å². The lowest BCUT2D eigenvalue weighted by molar-refractivity contribution is 0.626. The minimum atomic E-state index is 0.726. The zero-order chi connectivity index (χ0) is 20.1. The Labute approximate surface area is 180 Å². The molecule has 0 aliphatic heterocycles. The second-order valence-electron chi connectivity index (χ2n) is 6.82. The third-order valence-electron chi connectivity index (χ3n) is 4.70. The number of hydrogen-bond acceptors (Lipinski definition) is 3. The molecule has 0 saturated carbocycles. The smallest absolute Gasteiger partial charge is 0.191 e. The zero-order valence-electron chi connectivity index (χ0n) is 16.3. The molecule has 3 aromatic carbocycles. The molecular weight excluding hydrogens is 398 g/mol. The van der Waals surface area contributed by atoms with Gasteiger partial charge in [-0.2, -0.15) is 0 Å². The van der Waals surface area contributed by atoms with Crippen LogP contribution in [0.25, 0.3) is 22.5 Å². The van der Waals surface area contributed by atoms with Crippen molar-refractivity contribution < 1.29 is 0 Å². The summed E-state index contributed by atoms with van der Waals surface area (Å²) in [6, 6.07) is 27.0. The molecule has 0 radical (unpaired) electrons. The van der Waals surface area contributed by atoms with Crippen molar-refractivity contribution in [1.82, 2.24) is 14.8 Å². The van der Waals surface area contributed by atoms with E-state index in [-0.39, 0.29) is 0 Å². The maximum absolute atomic E-state index is 6.03. The number of halogens is 1. The molecule has 0 bridgehead atoms. The lowest BCUT2D eigenvalue weighted by Gasteiger charge is -2.09. The van der Waals surface area contributed by atoms with Gasteiger partial charge in [0.1, 0.15) is 0 Å². The second-order valence-corrected chi connectivity index (χ2v) is 8.20. The molecule has 5 heteroatoms. The molecule has 146 valence electrons. The number of aromatic nitrogens is 3. The number of hydrogen-bond donors (Lipinski definition) is 0. The molecule has 0 saturated heterocycles. The van der Waals surface area contributed by atoms with Gasteiger partial charge in [-0.3, -0.25) is 0 Å². The van der Waals surface area contributed by atoms with E-state index in [1.54, 1.807) is 11.8 Å². The van der Waals surface area contributed by atoms with Crippen LogP contribution in [0.4, 0.5) is 0 Å². The molecule has 0 N–H and O–H groups in total. The van der Waals surface area contributed by atoms with Crippen LogP contribution in [0.3, 0.4) is 0 Å². The van der Waals surface area contributed by atoms with E-state index in [1.807, 2.05) is 30.3 Å². The van der Waals surface area contributed by atoms with Gasteiger partial charge in [-0.1, -0.05) is 84.9 Å². The molecule has 4 aromatic rings. The van der Waals surface area contributed by atoms with Crippen molar-refractivity contribution >= 4 is 23.4 Å². The summed E-state index contributed by atoms with van der Waals surface area (Å²) in [6.45, 7) is 3.06. The number of thioether (sulfide) groups is 1. The van der Waals surface area contributed by atoms with Gasteiger partial charge in [-0.25, -0.2) is 0 Å². The van der Waals surface area contributed by atoms with Crippen molar-refractivity contribution in [3.63, 3.8) is 0 Å². The fourth-order valence-electron chi connectivity index (χ4n) is 3.21. The van der Waals surface area contributed by atoms with Crippen molar-refractivity contribution in [2.75, 3.05) is 0 Å². The fourth-order valence-corrected chi connectivity index (χ4v) is 4.25. The van der Waals surface area contributed by atoms with Crippen LogP contribution in [-0.2, 0) is 12.3 Å². The van der Waals surface area contributed by atoms with Crippen LogP contribution in [-0.4, -0.2) is 14.8 Å². The van der Waals surface area contributed by atoms with Gasteiger partial charge in [0, 0.05) is 22.9 Å². The third kappa shape index (κ3) is 4.72. The molecule has 29 heavy (non-hydrogen) atoms. The van der Waals surface area contributed by atoms with E-state index in [0.29, 0.717) is 0 Å². The lowest BCUT2D eigenvalue weighted by atomic mass is 10.0. The highest BCUT2D eigenvalue weighted by Crippen LogP contribution is 2.28. The Morgan fingerprint density at radius 2 is 1.45 bits per heavy atom. The van der Waals surface area contributed by atoms with E-state index in [4.69, 9.17) is 11.6 Å². The first-order chi connectivity index (χ1) is 14.2. The molecule has 0 unspecified atom stereocenters. The summed E-state index contributed by atoms with van der Waals surface area (Å²) in [5.41, 5.74) is 4.78. The average Bonchev–Trinajstić information content (AvgIpc) is 3.17. The summed E-state index contributed by atoms with van der Waals surface area (Å²) in [4.78, 5) is 0. The average molecular weight is 420 g/mol. The summed E-state index contributed by atoms with van der Waals surface area (Å²) >= 11 is 7.75. The van der Waals surface area contributed by atoms with Gasteiger partial charge in [-0.15, -0.1) is 10.2 Å². The van der Waals surface area contributed by atoms with E-state index in [1.165, 1.54) is 16.7 Å². The monoisotopic (exact) mass is 419 g/mol. The number of rotatable bonds is 7. The Kier molecular flexibility index (Phi) is 6.33. The number of benzene rings is 3. The molecule has 0 amide bonds. The van der Waals surface area contributed by atoms with Gasteiger partial charge in [0.05, 0.1) is 0 Å². The zero-order valence-corrected chi connectivity index (χ0v) is 17.8. The molecule has 1 heterocycles. The van der Waals surface area contributed by atoms with Crippen molar-refractivity contribution in [3.05, 3.63) is 89.4 Å². The standard InChI is InChI=1S/C24H22ClN3S/c1-2-16-28-23(21-12-14-22(25)15-13-21)26-27-24(28)29-17-18-8-10-20(11-9-18)19-6-4-3-5-7-19/h3-15H,2,16-17H2,1H3. The van der Waals surface area contributed by atoms with E-state index in [2.05, 4.69) is 70.2 Å². The lowest BCUT2D eigenvalue weighted by Crippen LogP contribution is -2.02. The Hall–Kier alpha value is -2.56. The highest BCUT2D eigenvalue weighted by molar-refractivity contribution is 7.98. The van der Waals surface area contributed by atoms with Crippen molar-refractivity contribution in [2.45, 2.75) is 30.8 Å². The van der Waals surface area contributed by atoms with Crippen LogP contribution in [0.2, 0.25) is 5.02 Å². The highest BCUT2D eigenvalue weighted by Gasteiger charge is 2.14. The van der Waals surface area contributed by atoms with Crippen LogP contribution in [0, 0.1) is 0 Å². The summed E-state index contributed by atoms with van der Waals surface area (Å²) in [5, 5.41) is 10.6. The van der Waals surface area contributed by atoms with Gasteiger partial charge >= 0.3 is 0 Å². The van der Waals surface area contributed by atoms with Gasteiger partial charge in [-0.05, 0) is 47.4 Å². The van der Waals surface area contributed by atoms with Gasteiger partial charge in [0.2, 0.25) is 0 Å². The van der Waals surface area contributed by atoms with Crippen LogP contribution < -0.4 is 0 Å². The van der Waals surface area contributed by atoms with Gasteiger partial charge < -0.3 is 4.57 Å². The molecule has 0 aliphatic rings. The third-order valence-corrected chi connectivity index (χ3v) is 5.99. The van der Waals surface area contributed by atoms with Crippen LogP contribution in [0.15, 0.2) is 84.0 Å². The maximum atomic E-state index is 6.03. The summed E-state index contributed by atoms with van der Waals surface area (Å²) in [6.07, 6.45) is 1.03. The van der Waals surface area contributed by atoms with Crippen molar-refractivity contribution in [1.29, 1.82) is 0 Å². The molecule has 0 atom stereocenters. The normalized spacial score (nSPS) is 11.0. The van der Waals surface area contributed by atoms with E-state index < -0.39 is 0 Å². The maximum Gasteiger partial charge on any atom is 0.191 e. The van der Waals surface area contributed by atoms with Crippen molar-refractivity contribution in [3.8, 4) is 22.5 Å². The van der Waals surface area contributed by atoms with Crippen molar-refractivity contribution in [2.24, 2.45) is 0 Å². The van der Waals surface area contributed by atoms with Crippen LogP contribution in [0.5, 0.6) is 0 Å². The first-order valence-electron chi connectivity index (χ1n) is 9.71. The Balaban J connectivity index is 1.50. The van der Waals surface area contributed by atoms with E-state index in [0.717, 1.165) is 40.3 Å².